The summed E-state index contributed by atoms with van der Waals surface area (Å²) in [5.74, 6) is 1.49. The molecule has 0 heterocycles. The number of halogens is 2. The van der Waals surface area contributed by atoms with Gasteiger partial charge in [0.15, 0.2) is 0 Å². The lowest BCUT2D eigenvalue weighted by Gasteiger charge is -2.18. The lowest BCUT2D eigenvalue weighted by Crippen LogP contribution is -2.33. The Labute approximate surface area is 168 Å². The molecule has 1 N–H and O–H groups in total. The van der Waals surface area contributed by atoms with Crippen molar-refractivity contribution >= 4 is 34.8 Å². The van der Waals surface area contributed by atoms with E-state index in [0.717, 1.165) is 5.75 Å². The van der Waals surface area contributed by atoms with E-state index < -0.39 is 0 Å². The number of ether oxygens (including phenoxy) is 3. The summed E-state index contributed by atoms with van der Waals surface area (Å²) in [6.45, 7) is 1.22. The minimum atomic E-state index is -0.191. The average molecular weight is 413 g/mol. The Bertz CT molecular complexity index is 769. The third-order valence-electron chi connectivity index (χ3n) is 3.72. The Morgan fingerprint density at radius 3 is 2.37 bits per heavy atom. The molecule has 0 spiro atoms. The molecular formula is C19H22Cl2N2O4. The summed E-state index contributed by atoms with van der Waals surface area (Å²) >= 11 is 12.0. The van der Waals surface area contributed by atoms with Gasteiger partial charge >= 0.3 is 0 Å². The highest BCUT2D eigenvalue weighted by atomic mass is 35.5. The van der Waals surface area contributed by atoms with Crippen molar-refractivity contribution < 1.29 is 19.0 Å². The molecule has 0 unspecified atom stereocenters. The predicted molar refractivity (Wildman–Crippen MR) is 108 cm³/mol. The number of likely N-dealkylation sites (N-methyl/N-ethyl adjacent to an activating group) is 1. The maximum Gasteiger partial charge on any atom is 0.238 e. The maximum absolute atomic E-state index is 12.3. The zero-order valence-corrected chi connectivity index (χ0v) is 16.9. The van der Waals surface area contributed by atoms with Gasteiger partial charge in [-0.1, -0.05) is 23.2 Å². The van der Waals surface area contributed by atoms with Crippen LogP contribution < -0.4 is 19.5 Å². The molecule has 8 heteroatoms. The molecule has 0 saturated heterocycles. The first kappa shape index (κ1) is 21.2. The van der Waals surface area contributed by atoms with Crippen molar-refractivity contribution in [1.29, 1.82) is 0 Å². The molecule has 2 aromatic rings. The molecule has 2 rings (SSSR count). The first-order valence-corrected chi connectivity index (χ1v) is 8.96. The first-order chi connectivity index (χ1) is 12.9. The zero-order chi connectivity index (χ0) is 19.8. The van der Waals surface area contributed by atoms with Gasteiger partial charge in [0.25, 0.3) is 0 Å². The first-order valence-electron chi connectivity index (χ1n) is 8.21. The van der Waals surface area contributed by atoms with Gasteiger partial charge in [-0.25, -0.2) is 0 Å². The molecule has 0 aliphatic carbocycles. The number of anilines is 1. The van der Waals surface area contributed by atoms with E-state index in [9.17, 15) is 4.79 Å². The largest absolute Gasteiger partial charge is 0.495 e. The number of carbonyl (C=O) groups is 1. The Hall–Kier alpha value is -2.15. The number of amides is 1. The Balaban J connectivity index is 1.84. The molecule has 27 heavy (non-hydrogen) atoms. The van der Waals surface area contributed by atoms with Crippen molar-refractivity contribution in [1.82, 2.24) is 4.90 Å². The van der Waals surface area contributed by atoms with E-state index in [-0.39, 0.29) is 12.5 Å². The number of nitrogens with zero attached hydrogens (tertiary/aromatic N) is 1. The normalized spacial score (nSPS) is 10.6. The average Bonchev–Trinajstić information content (AvgIpc) is 2.63. The fourth-order valence-corrected chi connectivity index (χ4v) is 2.69. The van der Waals surface area contributed by atoms with Crippen LogP contribution in [0.3, 0.4) is 0 Å². The topological polar surface area (TPSA) is 60.0 Å². The molecule has 0 radical (unpaired) electrons. The van der Waals surface area contributed by atoms with Crippen molar-refractivity contribution in [3.63, 3.8) is 0 Å². The zero-order valence-electron chi connectivity index (χ0n) is 15.4. The summed E-state index contributed by atoms with van der Waals surface area (Å²) in [4.78, 5) is 14.1. The van der Waals surface area contributed by atoms with E-state index in [0.29, 0.717) is 40.4 Å². The number of benzene rings is 2. The molecule has 0 atom stereocenters. The summed E-state index contributed by atoms with van der Waals surface area (Å²) < 4.78 is 16.0. The van der Waals surface area contributed by atoms with Crippen LogP contribution in [0, 0.1) is 0 Å². The molecular weight excluding hydrogens is 391 g/mol. The van der Waals surface area contributed by atoms with Gasteiger partial charge in [0.1, 0.15) is 23.9 Å². The second kappa shape index (κ2) is 10.3. The number of hydrogen-bond acceptors (Lipinski definition) is 5. The number of nitrogens with one attached hydrogen (secondary N) is 1. The van der Waals surface area contributed by atoms with Crippen LogP contribution in [0.25, 0.3) is 0 Å². The van der Waals surface area contributed by atoms with Crippen molar-refractivity contribution in [3.8, 4) is 17.2 Å². The van der Waals surface area contributed by atoms with E-state index in [4.69, 9.17) is 37.4 Å². The highest BCUT2D eigenvalue weighted by Crippen LogP contribution is 2.35. The van der Waals surface area contributed by atoms with Crippen LogP contribution in [0.15, 0.2) is 36.4 Å². The second-order valence-corrected chi connectivity index (χ2v) is 6.62. The quantitative estimate of drug-likeness (QED) is 0.675. The lowest BCUT2D eigenvalue weighted by molar-refractivity contribution is -0.117. The Kier molecular flexibility index (Phi) is 8.03. The van der Waals surface area contributed by atoms with Crippen LogP contribution in [0.5, 0.6) is 17.2 Å². The van der Waals surface area contributed by atoms with Crippen molar-refractivity contribution in [2.75, 3.05) is 46.3 Å². The second-order valence-electron chi connectivity index (χ2n) is 5.78. The summed E-state index contributed by atoms with van der Waals surface area (Å²) in [6, 6.07) is 10.4. The van der Waals surface area contributed by atoms with Crippen molar-refractivity contribution in [2.45, 2.75) is 0 Å². The fraction of sp³-hybridized carbons (Fsp3) is 0.316. The molecule has 1 amide bonds. The molecule has 0 aromatic heterocycles. The van der Waals surface area contributed by atoms with Crippen LogP contribution in [0.2, 0.25) is 10.0 Å². The third-order valence-corrected chi connectivity index (χ3v) is 4.26. The molecule has 0 aliphatic rings. The van der Waals surface area contributed by atoms with Gasteiger partial charge in [0.2, 0.25) is 5.91 Å². The number of carbonyl (C=O) groups excluding carboxylic acids is 1. The van der Waals surface area contributed by atoms with E-state index in [1.165, 1.54) is 14.2 Å². The number of hydrogen-bond donors (Lipinski definition) is 1. The van der Waals surface area contributed by atoms with Crippen LogP contribution in [-0.2, 0) is 4.79 Å². The Morgan fingerprint density at radius 2 is 1.74 bits per heavy atom. The highest BCUT2D eigenvalue weighted by molar-refractivity contribution is 6.32. The van der Waals surface area contributed by atoms with Crippen LogP contribution in [0.4, 0.5) is 5.69 Å². The van der Waals surface area contributed by atoms with E-state index in [1.54, 1.807) is 36.4 Å². The predicted octanol–water partition coefficient (Wildman–Crippen LogP) is 3.96. The van der Waals surface area contributed by atoms with Crippen LogP contribution in [0.1, 0.15) is 0 Å². The number of methoxy groups -OCH3 is 2. The summed E-state index contributed by atoms with van der Waals surface area (Å²) in [6.07, 6.45) is 0. The van der Waals surface area contributed by atoms with Crippen molar-refractivity contribution in [2.24, 2.45) is 0 Å². The molecule has 0 fully saturated rings. The van der Waals surface area contributed by atoms with Crippen LogP contribution in [-0.4, -0.2) is 51.8 Å². The molecule has 6 nitrogen and oxygen atoms in total. The molecule has 0 bridgehead atoms. The van der Waals surface area contributed by atoms with Gasteiger partial charge in [-0.2, -0.15) is 0 Å². The third kappa shape index (κ3) is 6.50. The van der Waals surface area contributed by atoms with E-state index >= 15 is 0 Å². The van der Waals surface area contributed by atoms with Crippen molar-refractivity contribution in [3.05, 3.63) is 46.4 Å². The molecule has 0 saturated carbocycles. The maximum atomic E-state index is 12.3. The van der Waals surface area contributed by atoms with Crippen LogP contribution >= 0.6 is 23.2 Å². The summed E-state index contributed by atoms with van der Waals surface area (Å²) in [5.41, 5.74) is 0.485. The van der Waals surface area contributed by atoms with E-state index in [2.05, 4.69) is 5.32 Å². The smallest absolute Gasteiger partial charge is 0.238 e. The molecule has 146 valence electrons. The van der Waals surface area contributed by atoms with Gasteiger partial charge in [-0.15, -0.1) is 0 Å². The van der Waals surface area contributed by atoms with E-state index in [1.807, 2.05) is 11.9 Å². The molecule has 0 aliphatic heterocycles. The summed E-state index contributed by atoms with van der Waals surface area (Å²) in [7, 11) is 4.86. The van der Waals surface area contributed by atoms with Gasteiger partial charge < -0.3 is 19.5 Å². The highest BCUT2D eigenvalue weighted by Gasteiger charge is 2.14. The minimum absolute atomic E-state index is 0.191. The molecule has 2 aromatic carbocycles. The van der Waals surface area contributed by atoms with Gasteiger partial charge in [-0.3, -0.25) is 9.69 Å². The Morgan fingerprint density at radius 1 is 1.07 bits per heavy atom. The van der Waals surface area contributed by atoms with Gasteiger partial charge in [0.05, 0.1) is 31.5 Å². The fourth-order valence-electron chi connectivity index (χ4n) is 2.32. The minimum Gasteiger partial charge on any atom is -0.495 e. The standard InChI is InChI=1S/C19H22Cl2N2O4/c1-23(8-9-27-14-6-4-13(20)5-7-14)12-19(24)22-16-10-15(21)17(25-2)11-18(16)26-3/h4-7,10-11H,8-9,12H2,1-3H3,(H,22,24). The lowest BCUT2D eigenvalue weighted by atomic mass is 10.2. The number of rotatable bonds is 9. The van der Waals surface area contributed by atoms with Gasteiger partial charge in [-0.05, 0) is 37.4 Å². The SMILES string of the molecule is COc1cc(OC)c(NC(=O)CN(C)CCOc2ccc(Cl)cc2)cc1Cl. The summed E-state index contributed by atoms with van der Waals surface area (Å²) in [5, 5.41) is 3.84. The monoisotopic (exact) mass is 412 g/mol. The van der Waals surface area contributed by atoms with Gasteiger partial charge in [0, 0.05) is 17.6 Å².